The third kappa shape index (κ3) is 3.38. The van der Waals surface area contributed by atoms with Gasteiger partial charge in [-0.3, -0.25) is 14.9 Å². The molecule has 2 unspecified atom stereocenters. The zero-order valence-corrected chi connectivity index (χ0v) is 10.3. The van der Waals surface area contributed by atoms with Gasteiger partial charge in [0.25, 0.3) is 5.69 Å². The van der Waals surface area contributed by atoms with Gasteiger partial charge in [0.15, 0.2) is 0 Å². The van der Waals surface area contributed by atoms with Gasteiger partial charge < -0.3 is 11.1 Å². The second kappa shape index (κ2) is 5.62. The molecule has 19 heavy (non-hydrogen) atoms. The van der Waals surface area contributed by atoms with Crippen molar-refractivity contribution in [3.05, 3.63) is 52.1 Å². The number of amides is 1. The fraction of sp³-hybridized carbons (Fsp3) is 0.308. The maximum Gasteiger partial charge on any atom is 0.269 e. The van der Waals surface area contributed by atoms with E-state index in [-0.39, 0.29) is 23.6 Å². The van der Waals surface area contributed by atoms with Crippen LogP contribution in [0, 0.1) is 16.0 Å². The fourth-order valence-electron chi connectivity index (χ4n) is 1.98. The Morgan fingerprint density at radius 2 is 2.05 bits per heavy atom. The van der Waals surface area contributed by atoms with Gasteiger partial charge in [0.05, 0.1) is 10.8 Å². The topological polar surface area (TPSA) is 98.3 Å². The number of hydrogen-bond acceptors (Lipinski definition) is 4. The summed E-state index contributed by atoms with van der Waals surface area (Å²) in [6.45, 7) is 0.358. The highest BCUT2D eigenvalue weighted by molar-refractivity contribution is 5.81. The van der Waals surface area contributed by atoms with Gasteiger partial charge in [-0.2, -0.15) is 0 Å². The molecule has 6 nitrogen and oxygen atoms in total. The van der Waals surface area contributed by atoms with E-state index in [1.807, 2.05) is 12.2 Å². The molecule has 0 radical (unpaired) electrons. The monoisotopic (exact) mass is 261 g/mol. The van der Waals surface area contributed by atoms with Crippen molar-refractivity contribution in [1.29, 1.82) is 0 Å². The first-order valence-electron chi connectivity index (χ1n) is 6.01. The minimum Gasteiger partial charge on any atom is -0.352 e. The van der Waals surface area contributed by atoms with Gasteiger partial charge >= 0.3 is 0 Å². The molecule has 0 aliphatic heterocycles. The summed E-state index contributed by atoms with van der Waals surface area (Å²) in [4.78, 5) is 21.9. The van der Waals surface area contributed by atoms with Crippen LogP contribution in [0.25, 0.3) is 0 Å². The quantitative estimate of drug-likeness (QED) is 0.482. The van der Waals surface area contributed by atoms with Crippen LogP contribution in [0.15, 0.2) is 36.4 Å². The normalized spacial score (nSPS) is 21.3. The molecule has 1 aliphatic rings. The molecule has 0 saturated carbocycles. The van der Waals surface area contributed by atoms with Crippen molar-refractivity contribution < 1.29 is 9.72 Å². The Bertz CT molecular complexity index is 510. The van der Waals surface area contributed by atoms with Gasteiger partial charge in [0.1, 0.15) is 0 Å². The number of carbonyl (C=O) groups is 1. The highest BCUT2D eigenvalue weighted by Crippen LogP contribution is 2.17. The first kappa shape index (κ1) is 13.2. The van der Waals surface area contributed by atoms with Crippen molar-refractivity contribution >= 4 is 11.6 Å². The number of hydrogen-bond donors (Lipinski definition) is 2. The Hall–Kier alpha value is -2.21. The van der Waals surface area contributed by atoms with E-state index in [0.29, 0.717) is 13.0 Å². The van der Waals surface area contributed by atoms with Crippen molar-refractivity contribution in [1.82, 2.24) is 5.32 Å². The molecular formula is C13H15N3O3. The largest absolute Gasteiger partial charge is 0.352 e. The molecule has 1 aromatic carbocycles. The summed E-state index contributed by atoms with van der Waals surface area (Å²) in [7, 11) is 0. The Morgan fingerprint density at radius 1 is 1.37 bits per heavy atom. The van der Waals surface area contributed by atoms with Crippen molar-refractivity contribution in [3.63, 3.8) is 0 Å². The molecule has 0 spiro atoms. The average molecular weight is 261 g/mol. The van der Waals surface area contributed by atoms with Gasteiger partial charge in [0, 0.05) is 24.7 Å². The number of nitro groups is 1. The molecule has 0 heterocycles. The molecule has 0 bridgehead atoms. The van der Waals surface area contributed by atoms with E-state index in [1.54, 1.807) is 12.1 Å². The maximum absolute atomic E-state index is 11.8. The second-order valence-corrected chi connectivity index (χ2v) is 4.53. The van der Waals surface area contributed by atoms with Crippen LogP contribution in [0.2, 0.25) is 0 Å². The first-order valence-corrected chi connectivity index (χ1v) is 6.01. The summed E-state index contributed by atoms with van der Waals surface area (Å²) < 4.78 is 0. The van der Waals surface area contributed by atoms with Gasteiger partial charge in [0.2, 0.25) is 5.91 Å². The van der Waals surface area contributed by atoms with Crippen LogP contribution < -0.4 is 11.1 Å². The minimum absolute atomic E-state index is 0.0415. The molecule has 0 aromatic heterocycles. The van der Waals surface area contributed by atoms with E-state index in [9.17, 15) is 14.9 Å². The predicted octanol–water partition coefficient (Wildman–Crippen LogP) is 1.11. The van der Waals surface area contributed by atoms with Crippen LogP contribution >= 0.6 is 0 Å². The predicted molar refractivity (Wildman–Crippen MR) is 70.2 cm³/mol. The lowest BCUT2D eigenvalue weighted by atomic mass is 10.1. The zero-order chi connectivity index (χ0) is 13.8. The number of non-ortho nitro benzene ring substituents is 1. The van der Waals surface area contributed by atoms with Crippen molar-refractivity contribution in [3.8, 4) is 0 Å². The van der Waals surface area contributed by atoms with Crippen LogP contribution in [0.5, 0.6) is 0 Å². The van der Waals surface area contributed by atoms with E-state index in [2.05, 4.69) is 5.32 Å². The van der Waals surface area contributed by atoms with Gasteiger partial charge in [-0.25, -0.2) is 0 Å². The fourth-order valence-corrected chi connectivity index (χ4v) is 1.98. The SMILES string of the molecule is NC1C=CC(C(=O)NCc2ccc([N+](=O)[O-])cc2)C1. The standard InChI is InChI=1S/C13H15N3O3/c14-11-4-3-10(7-11)13(17)15-8-9-1-5-12(6-2-9)16(18)19/h1-6,10-11H,7-8,14H2,(H,15,17). The lowest BCUT2D eigenvalue weighted by Crippen LogP contribution is -2.30. The summed E-state index contributed by atoms with van der Waals surface area (Å²) in [6, 6.07) is 6.07. The number of benzene rings is 1. The van der Waals surface area contributed by atoms with Crippen LogP contribution in [-0.4, -0.2) is 16.9 Å². The van der Waals surface area contributed by atoms with Gasteiger partial charge in [-0.15, -0.1) is 0 Å². The summed E-state index contributed by atoms with van der Waals surface area (Å²) in [5.41, 5.74) is 6.55. The van der Waals surface area contributed by atoms with E-state index >= 15 is 0 Å². The first-order chi connectivity index (χ1) is 9.06. The summed E-state index contributed by atoms with van der Waals surface area (Å²) in [5.74, 6) is -0.240. The number of nitro benzene ring substituents is 1. The lowest BCUT2D eigenvalue weighted by molar-refractivity contribution is -0.384. The molecule has 0 saturated heterocycles. The molecule has 1 aliphatic carbocycles. The Kier molecular flexibility index (Phi) is 3.91. The smallest absolute Gasteiger partial charge is 0.269 e. The lowest BCUT2D eigenvalue weighted by Gasteiger charge is -2.10. The third-order valence-corrected chi connectivity index (χ3v) is 3.07. The van der Waals surface area contributed by atoms with Crippen LogP contribution in [-0.2, 0) is 11.3 Å². The molecule has 2 rings (SSSR count). The van der Waals surface area contributed by atoms with E-state index in [1.165, 1.54) is 12.1 Å². The van der Waals surface area contributed by atoms with Crippen LogP contribution in [0.3, 0.4) is 0 Å². The maximum atomic E-state index is 11.8. The number of nitrogens with zero attached hydrogens (tertiary/aromatic N) is 1. The molecule has 3 N–H and O–H groups in total. The molecule has 2 atom stereocenters. The highest BCUT2D eigenvalue weighted by Gasteiger charge is 2.22. The molecule has 1 amide bonds. The zero-order valence-electron chi connectivity index (χ0n) is 10.3. The number of nitrogens with one attached hydrogen (secondary N) is 1. The average Bonchev–Trinajstić information content (AvgIpc) is 2.83. The summed E-state index contributed by atoms with van der Waals surface area (Å²) >= 11 is 0. The number of rotatable bonds is 4. The molecule has 6 heteroatoms. The summed E-state index contributed by atoms with van der Waals surface area (Å²) in [5, 5.41) is 13.3. The van der Waals surface area contributed by atoms with E-state index < -0.39 is 4.92 Å². The Morgan fingerprint density at radius 3 is 2.58 bits per heavy atom. The van der Waals surface area contributed by atoms with Crippen molar-refractivity contribution in [2.75, 3.05) is 0 Å². The Labute approximate surface area is 110 Å². The van der Waals surface area contributed by atoms with Gasteiger partial charge in [-0.1, -0.05) is 24.3 Å². The number of carbonyl (C=O) groups excluding carboxylic acids is 1. The highest BCUT2D eigenvalue weighted by atomic mass is 16.6. The molecule has 1 aromatic rings. The van der Waals surface area contributed by atoms with Gasteiger partial charge in [-0.05, 0) is 12.0 Å². The van der Waals surface area contributed by atoms with Crippen LogP contribution in [0.1, 0.15) is 12.0 Å². The third-order valence-electron chi connectivity index (χ3n) is 3.07. The second-order valence-electron chi connectivity index (χ2n) is 4.53. The Balaban J connectivity index is 1.87. The van der Waals surface area contributed by atoms with E-state index in [4.69, 9.17) is 5.73 Å². The van der Waals surface area contributed by atoms with Crippen LogP contribution in [0.4, 0.5) is 5.69 Å². The molecule has 100 valence electrons. The van der Waals surface area contributed by atoms with Crippen molar-refractivity contribution in [2.24, 2.45) is 11.7 Å². The molecule has 0 fully saturated rings. The van der Waals surface area contributed by atoms with Crippen molar-refractivity contribution in [2.45, 2.75) is 19.0 Å². The summed E-state index contributed by atoms with van der Waals surface area (Å²) in [6.07, 6.45) is 4.28. The number of nitrogens with two attached hydrogens (primary N) is 1. The van der Waals surface area contributed by atoms with E-state index in [0.717, 1.165) is 5.56 Å². The molecular weight excluding hydrogens is 246 g/mol. The minimum atomic E-state index is -0.451.